The molecule has 4 aromatic rings. The zero-order chi connectivity index (χ0) is 21.1. The van der Waals surface area contributed by atoms with Crippen molar-refractivity contribution in [2.75, 3.05) is 11.4 Å². The summed E-state index contributed by atoms with van der Waals surface area (Å²) in [5.74, 6) is -0.314. The van der Waals surface area contributed by atoms with E-state index in [1.165, 1.54) is 35.6 Å². The molecule has 30 heavy (non-hydrogen) atoms. The maximum atomic E-state index is 12.8. The highest BCUT2D eigenvalue weighted by Gasteiger charge is 2.21. The molecule has 0 atom stereocenters. The molecule has 0 saturated carbocycles. The second-order valence-corrected chi connectivity index (χ2v) is 8.45. The van der Waals surface area contributed by atoms with Gasteiger partial charge in [-0.15, -0.1) is 0 Å². The topological polar surface area (TPSA) is 89.7 Å². The number of esters is 1. The Hall–Kier alpha value is -3.65. The SMILES string of the molecule is CN(c1ccccc1)S(=O)(=O)c1ccc(C(=O)OCc2nc3ccccc3o2)cc1. The number of fused-ring (bicyclic) bond motifs is 1. The molecule has 0 amide bonds. The van der Waals surface area contributed by atoms with E-state index in [-0.39, 0.29) is 23.0 Å². The molecule has 0 aliphatic carbocycles. The number of para-hydroxylation sites is 3. The van der Waals surface area contributed by atoms with Crippen molar-refractivity contribution in [1.29, 1.82) is 0 Å². The normalized spacial score (nSPS) is 11.4. The zero-order valence-corrected chi connectivity index (χ0v) is 16.9. The lowest BCUT2D eigenvalue weighted by Gasteiger charge is -2.19. The van der Waals surface area contributed by atoms with Gasteiger partial charge in [0.15, 0.2) is 12.2 Å². The Morgan fingerprint density at radius 3 is 2.33 bits per heavy atom. The minimum Gasteiger partial charge on any atom is -0.452 e. The standard InChI is InChI=1S/C22H18N2O5S/c1-24(17-7-3-2-4-8-17)30(26,27)18-13-11-16(12-14-18)22(25)28-15-21-23-19-9-5-6-10-20(19)29-21/h2-14H,15H2,1H3. The molecular formula is C22H18N2O5S. The summed E-state index contributed by atoms with van der Waals surface area (Å²) in [6, 6.07) is 21.6. The van der Waals surface area contributed by atoms with Gasteiger partial charge in [-0.3, -0.25) is 4.31 Å². The quantitative estimate of drug-likeness (QED) is 0.436. The van der Waals surface area contributed by atoms with E-state index in [1.807, 2.05) is 18.2 Å². The molecular weight excluding hydrogens is 404 g/mol. The smallest absolute Gasteiger partial charge is 0.338 e. The van der Waals surface area contributed by atoms with Gasteiger partial charge in [0, 0.05) is 7.05 Å². The first-order chi connectivity index (χ1) is 14.4. The fraction of sp³-hybridized carbons (Fsp3) is 0.0909. The van der Waals surface area contributed by atoms with Crippen LogP contribution in [0.1, 0.15) is 16.2 Å². The Kier molecular flexibility index (Phi) is 5.24. The van der Waals surface area contributed by atoms with Crippen LogP contribution in [0.3, 0.4) is 0 Å². The molecule has 8 heteroatoms. The van der Waals surface area contributed by atoms with Gasteiger partial charge >= 0.3 is 5.97 Å². The molecule has 4 rings (SSSR count). The molecule has 7 nitrogen and oxygen atoms in total. The van der Waals surface area contributed by atoms with Gasteiger partial charge in [0.1, 0.15) is 5.52 Å². The van der Waals surface area contributed by atoms with E-state index in [2.05, 4.69) is 4.98 Å². The Morgan fingerprint density at radius 1 is 0.967 bits per heavy atom. The molecule has 152 valence electrons. The van der Waals surface area contributed by atoms with Gasteiger partial charge in [-0.1, -0.05) is 30.3 Å². The maximum absolute atomic E-state index is 12.8. The average Bonchev–Trinajstić information content (AvgIpc) is 3.20. The fourth-order valence-electron chi connectivity index (χ4n) is 2.89. The highest BCUT2D eigenvalue weighted by molar-refractivity contribution is 7.92. The van der Waals surface area contributed by atoms with Crippen molar-refractivity contribution in [1.82, 2.24) is 4.98 Å². The van der Waals surface area contributed by atoms with Gasteiger partial charge in [0.2, 0.25) is 5.89 Å². The van der Waals surface area contributed by atoms with E-state index in [9.17, 15) is 13.2 Å². The number of hydrogen-bond donors (Lipinski definition) is 0. The molecule has 1 heterocycles. The average molecular weight is 422 g/mol. The molecule has 0 fully saturated rings. The summed E-state index contributed by atoms with van der Waals surface area (Å²) in [6.07, 6.45) is 0. The van der Waals surface area contributed by atoms with Crippen LogP contribution in [0.4, 0.5) is 5.69 Å². The number of carbonyl (C=O) groups is 1. The van der Waals surface area contributed by atoms with Crippen molar-refractivity contribution < 1.29 is 22.4 Å². The third-order valence-corrected chi connectivity index (χ3v) is 6.33. The van der Waals surface area contributed by atoms with Crippen LogP contribution in [-0.2, 0) is 21.4 Å². The number of hydrogen-bond acceptors (Lipinski definition) is 6. The number of rotatable bonds is 6. The Morgan fingerprint density at radius 2 is 1.63 bits per heavy atom. The molecule has 0 unspecified atom stereocenters. The number of oxazole rings is 1. The predicted octanol–water partition coefficient (Wildman–Crippen LogP) is 4.01. The molecule has 0 radical (unpaired) electrons. The summed E-state index contributed by atoms with van der Waals surface area (Å²) in [5, 5.41) is 0. The van der Waals surface area contributed by atoms with Gasteiger partial charge in [0.05, 0.1) is 16.1 Å². The minimum absolute atomic E-state index is 0.0735. The van der Waals surface area contributed by atoms with Crippen LogP contribution in [0.5, 0.6) is 0 Å². The van der Waals surface area contributed by atoms with Crippen LogP contribution in [0.2, 0.25) is 0 Å². The summed E-state index contributed by atoms with van der Waals surface area (Å²) in [6.45, 7) is -0.121. The number of aromatic nitrogens is 1. The van der Waals surface area contributed by atoms with Gasteiger partial charge in [-0.25, -0.2) is 18.2 Å². The number of ether oxygens (including phenoxy) is 1. The zero-order valence-electron chi connectivity index (χ0n) is 16.1. The number of nitrogens with zero attached hydrogens (tertiary/aromatic N) is 2. The third-order valence-electron chi connectivity index (χ3n) is 4.53. The van der Waals surface area contributed by atoms with Gasteiger partial charge < -0.3 is 9.15 Å². The highest BCUT2D eigenvalue weighted by atomic mass is 32.2. The number of carbonyl (C=O) groups excluding carboxylic acids is 1. The van der Waals surface area contributed by atoms with E-state index >= 15 is 0 Å². The van der Waals surface area contributed by atoms with Gasteiger partial charge in [0.25, 0.3) is 10.0 Å². The Labute approximate surface area is 173 Å². The molecule has 0 N–H and O–H groups in total. The predicted molar refractivity (Wildman–Crippen MR) is 112 cm³/mol. The van der Waals surface area contributed by atoms with Crippen molar-refractivity contribution in [3.05, 3.63) is 90.3 Å². The first-order valence-electron chi connectivity index (χ1n) is 9.11. The van der Waals surface area contributed by atoms with E-state index in [0.29, 0.717) is 16.8 Å². The van der Waals surface area contributed by atoms with Crippen LogP contribution in [-0.4, -0.2) is 26.4 Å². The molecule has 0 aliphatic rings. The summed E-state index contributed by atoms with van der Waals surface area (Å²) in [7, 11) is -2.27. The van der Waals surface area contributed by atoms with Gasteiger partial charge in [-0.05, 0) is 48.5 Å². The first kappa shape index (κ1) is 19.7. The first-order valence-corrected chi connectivity index (χ1v) is 10.5. The number of anilines is 1. The van der Waals surface area contributed by atoms with Crippen molar-refractivity contribution in [2.24, 2.45) is 0 Å². The monoisotopic (exact) mass is 422 g/mol. The maximum Gasteiger partial charge on any atom is 0.338 e. The van der Waals surface area contributed by atoms with Crippen molar-refractivity contribution in [2.45, 2.75) is 11.5 Å². The van der Waals surface area contributed by atoms with Crippen molar-refractivity contribution in [3.8, 4) is 0 Å². The van der Waals surface area contributed by atoms with Crippen LogP contribution in [0.25, 0.3) is 11.1 Å². The fourth-order valence-corrected chi connectivity index (χ4v) is 4.09. The van der Waals surface area contributed by atoms with Crippen molar-refractivity contribution in [3.63, 3.8) is 0 Å². The number of sulfonamides is 1. The second-order valence-electron chi connectivity index (χ2n) is 6.48. The lowest BCUT2D eigenvalue weighted by atomic mass is 10.2. The Bertz CT molecular complexity index is 1250. The Balaban J connectivity index is 1.45. The molecule has 0 spiro atoms. The second kappa shape index (κ2) is 8.00. The molecule has 3 aromatic carbocycles. The largest absolute Gasteiger partial charge is 0.452 e. The minimum atomic E-state index is -3.75. The van der Waals surface area contributed by atoms with E-state index < -0.39 is 16.0 Å². The molecule has 0 saturated heterocycles. The van der Waals surface area contributed by atoms with Crippen molar-refractivity contribution >= 4 is 32.8 Å². The summed E-state index contributed by atoms with van der Waals surface area (Å²) in [4.78, 5) is 16.6. The lowest BCUT2D eigenvalue weighted by Crippen LogP contribution is -2.26. The molecule has 0 aliphatic heterocycles. The lowest BCUT2D eigenvalue weighted by molar-refractivity contribution is 0.0440. The van der Waals surface area contributed by atoms with Crippen LogP contribution < -0.4 is 4.31 Å². The van der Waals surface area contributed by atoms with E-state index in [1.54, 1.807) is 36.4 Å². The highest BCUT2D eigenvalue weighted by Crippen LogP contribution is 2.22. The molecule has 1 aromatic heterocycles. The molecule has 0 bridgehead atoms. The summed E-state index contributed by atoms with van der Waals surface area (Å²) in [5.41, 5.74) is 2.06. The van der Waals surface area contributed by atoms with E-state index in [0.717, 1.165) is 0 Å². The third kappa shape index (κ3) is 3.90. The van der Waals surface area contributed by atoms with Crippen LogP contribution in [0.15, 0.2) is 88.2 Å². The summed E-state index contributed by atoms with van der Waals surface area (Å²) >= 11 is 0. The van der Waals surface area contributed by atoms with Crippen LogP contribution in [0, 0.1) is 0 Å². The van der Waals surface area contributed by atoms with Gasteiger partial charge in [-0.2, -0.15) is 0 Å². The summed E-state index contributed by atoms with van der Waals surface area (Å²) < 4.78 is 37.5. The number of benzene rings is 3. The van der Waals surface area contributed by atoms with E-state index in [4.69, 9.17) is 9.15 Å². The van der Waals surface area contributed by atoms with Crippen LogP contribution >= 0.6 is 0 Å².